The molecule has 0 atom stereocenters. The number of anilines is 1. The predicted octanol–water partition coefficient (Wildman–Crippen LogP) is 2.57. The first-order valence-electron chi connectivity index (χ1n) is 7.35. The van der Waals surface area contributed by atoms with Gasteiger partial charge in [-0.2, -0.15) is 0 Å². The number of aromatic nitrogens is 1. The molecule has 0 radical (unpaired) electrons. The van der Waals surface area contributed by atoms with Crippen LogP contribution in [-0.2, 0) is 0 Å². The average molecular weight is 295 g/mol. The number of nitrogens with one attached hydrogen (secondary N) is 1. The summed E-state index contributed by atoms with van der Waals surface area (Å²) in [5.41, 5.74) is 1.70. The average Bonchev–Trinajstić information content (AvgIpc) is 3.09. The molecule has 1 aliphatic rings. The molecule has 1 aromatic heterocycles. The molecule has 1 aliphatic heterocycles. The highest BCUT2D eigenvalue weighted by Crippen LogP contribution is 2.17. The summed E-state index contributed by atoms with van der Waals surface area (Å²) < 4.78 is 0. The third kappa shape index (κ3) is 3.14. The minimum absolute atomic E-state index is 0.0231. The second-order valence-electron chi connectivity index (χ2n) is 5.28. The topological polar surface area (TPSA) is 62.3 Å². The maximum atomic E-state index is 12.4. The Bertz CT molecular complexity index is 679. The third-order valence-electron chi connectivity index (χ3n) is 3.68. The fourth-order valence-electron chi connectivity index (χ4n) is 2.53. The molecule has 2 aromatic rings. The number of benzene rings is 1. The van der Waals surface area contributed by atoms with E-state index in [0.717, 1.165) is 25.9 Å². The molecule has 1 saturated heterocycles. The molecule has 0 bridgehead atoms. The van der Waals surface area contributed by atoms with E-state index in [2.05, 4.69) is 10.3 Å². The van der Waals surface area contributed by atoms with Gasteiger partial charge in [-0.1, -0.05) is 6.07 Å². The predicted molar refractivity (Wildman–Crippen MR) is 83.8 cm³/mol. The maximum Gasteiger partial charge on any atom is 0.257 e. The number of pyridine rings is 1. The Hall–Kier alpha value is -2.69. The Kier molecular flexibility index (Phi) is 4.14. The van der Waals surface area contributed by atoms with E-state index in [1.807, 2.05) is 4.90 Å². The van der Waals surface area contributed by atoms with Gasteiger partial charge in [-0.25, -0.2) is 0 Å². The second kappa shape index (κ2) is 6.39. The third-order valence-corrected chi connectivity index (χ3v) is 3.68. The quantitative estimate of drug-likeness (QED) is 0.946. The monoisotopic (exact) mass is 295 g/mol. The fourth-order valence-corrected chi connectivity index (χ4v) is 2.53. The lowest BCUT2D eigenvalue weighted by atomic mass is 10.1. The second-order valence-corrected chi connectivity index (χ2v) is 5.28. The van der Waals surface area contributed by atoms with Gasteiger partial charge in [0.2, 0.25) is 0 Å². The molecule has 0 unspecified atom stereocenters. The van der Waals surface area contributed by atoms with Crippen LogP contribution in [0, 0.1) is 0 Å². The molecular formula is C17H17N3O2. The van der Waals surface area contributed by atoms with Crippen molar-refractivity contribution >= 4 is 17.5 Å². The zero-order valence-electron chi connectivity index (χ0n) is 12.2. The molecule has 0 spiro atoms. The molecule has 1 fully saturated rings. The summed E-state index contributed by atoms with van der Waals surface area (Å²) in [6.45, 7) is 1.62. The van der Waals surface area contributed by atoms with Gasteiger partial charge in [0, 0.05) is 36.7 Å². The number of likely N-dealkylation sites (tertiary alicyclic amines) is 1. The first-order valence-corrected chi connectivity index (χ1v) is 7.35. The van der Waals surface area contributed by atoms with Crippen LogP contribution in [0.3, 0.4) is 0 Å². The fraction of sp³-hybridized carbons (Fsp3) is 0.235. The van der Waals surface area contributed by atoms with Crippen molar-refractivity contribution in [1.82, 2.24) is 9.88 Å². The summed E-state index contributed by atoms with van der Waals surface area (Å²) >= 11 is 0. The molecule has 5 nitrogen and oxygen atoms in total. The van der Waals surface area contributed by atoms with Crippen LogP contribution in [0.2, 0.25) is 0 Å². The minimum atomic E-state index is -0.237. The van der Waals surface area contributed by atoms with Gasteiger partial charge < -0.3 is 10.2 Å². The number of nitrogens with zero attached hydrogens (tertiary/aromatic N) is 2. The zero-order valence-corrected chi connectivity index (χ0v) is 12.2. The van der Waals surface area contributed by atoms with Crippen molar-refractivity contribution in [3.05, 3.63) is 59.9 Å². The van der Waals surface area contributed by atoms with Crippen LogP contribution < -0.4 is 5.32 Å². The molecule has 1 aromatic carbocycles. The Labute approximate surface area is 129 Å². The number of carbonyl (C=O) groups is 2. The van der Waals surface area contributed by atoms with E-state index in [0.29, 0.717) is 16.8 Å². The van der Waals surface area contributed by atoms with Gasteiger partial charge in [-0.05, 0) is 43.2 Å². The van der Waals surface area contributed by atoms with Crippen LogP contribution >= 0.6 is 0 Å². The van der Waals surface area contributed by atoms with E-state index >= 15 is 0 Å². The van der Waals surface area contributed by atoms with Gasteiger partial charge >= 0.3 is 0 Å². The van der Waals surface area contributed by atoms with Gasteiger partial charge in [-0.3, -0.25) is 14.6 Å². The molecular weight excluding hydrogens is 278 g/mol. The zero-order chi connectivity index (χ0) is 15.4. The number of hydrogen-bond donors (Lipinski definition) is 1. The van der Waals surface area contributed by atoms with E-state index in [1.54, 1.807) is 42.6 Å². The number of hydrogen-bond acceptors (Lipinski definition) is 3. The van der Waals surface area contributed by atoms with Crippen molar-refractivity contribution in [2.24, 2.45) is 0 Å². The van der Waals surface area contributed by atoms with E-state index < -0.39 is 0 Å². The van der Waals surface area contributed by atoms with Gasteiger partial charge in [-0.15, -0.1) is 0 Å². The minimum Gasteiger partial charge on any atom is -0.339 e. The van der Waals surface area contributed by atoms with Crippen LogP contribution in [0.25, 0.3) is 0 Å². The molecule has 5 heteroatoms. The lowest BCUT2D eigenvalue weighted by molar-refractivity contribution is 0.0792. The van der Waals surface area contributed by atoms with E-state index in [9.17, 15) is 9.59 Å². The molecule has 0 aliphatic carbocycles. The van der Waals surface area contributed by atoms with Crippen molar-refractivity contribution in [3.8, 4) is 0 Å². The normalized spacial score (nSPS) is 13.9. The van der Waals surface area contributed by atoms with Gasteiger partial charge in [0.1, 0.15) is 0 Å². The highest BCUT2D eigenvalue weighted by molar-refractivity contribution is 6.04. The smallest absolute Gasteiger partial charge is 0.257 e. The first-order chi connectivity index (χ1) is 10.7. The summed E-state index contributed by atoms with van der Waals surface area (Å²) in [5.74, 6) is -0.214. The standard InChI is InChI=1S/C17H17N3O2/c21-16(14-6-4-8-18-12-14)19-15-7-3-5-13(11-15)17(22)20-9-1-2-10-20/h3-8,11-12H,1-2,9-10H2,(H,19,21). The van der Waals surface area contributed by atoms with E-state index in [-0.39, 0.29) is 11.8 Å². The van der Waals surface area contributed by atoms with Crippen molar-refractivity contribution in [3.63, 3.8) is 0 Å². The van der Waals surface area contributed by atoms with Crippen molar-refractivity contribution in [1.29, 1.82) is 0 Å². The molecule has 112 valence electrons. The number of carbonyl (C=O) groups excluding carboxylic acids is 2. The molecule has 0 saturated carbocycles. The SMILES string of the molecule is O=C(Nc1cccc(C(=O)N2CCCC2)c1)c1cccnc1. The van der Waals surface area contributed by atoms with Crippen molar-refractivity contribution in [2.75, 3.05) is 18.4 Å². The molecule has 2 amide bonds. The van der Waals surface area contributed by atoms with E-state index in [4.69, 9.17) is 0 Å². The van der Waals surface area contributed by atoms with Crippen LogP contribution in [0.15, 0.2) is 48.8 Å². The summed E-state index contributed by atoms with van der Waals surface area (Å²) in [7, 11) is 0. The summed E-state index contributed by atoms with van der Waals surface area (Å²) in [6, 6.07) is 10.5. The molecule has 2 heterocycles. The summed E-state index contributed by atoms with van der Waals surface area (Å²) in [5, 5.41) is 2.79. The lowest BCUT2D eigenvalue weighted by Crippen LogP contribution is -2.27. The Morgan fingerprint density at radius 3 is 2.55 bits per heavy atom. The van der Waals surface area contributed by atoms with Gasteiger partial charge in [0.15, 0.2) is 0 Å². The van der Waals surface area contributed by atoms with Gasteiger partial charge in [0.05, 0.1) is 5.56 Å². The first kappa shape index (κ1) is 14.3. The highest BCUT2D eigenvalue weighted by atomic mass is 16.2. The number of rotatable bonds is 3. The Balaban J connectivity index is 1.74. The van der Waals surface area contributed by atoms with Crippen LogP contribution in [-0.4, -0.2) is 34.8 Å². The van der Waals surface area contributed by atoms with Crippen LogP contribution in [0.4, 0.5) is 5.69 Å². The van der Waals surface area contributed by atoms with E-state index in [1.165, 1.54) is 6.20 Å². The summed E-state index contributed by atoms with van der Waals surface area (Å²) in [6.07, 6.45) is 5.24. The molecule has 22 heavy (non-hydrogen) atoms. The number of amides is 2. The Morgan fingerprint density at radius 2 is 1.82 bits per heavy atom. The van der Waals surface area contributed by atoms with Crippen LogP contribution in [0.5, 0.6) is 0 Å². The molecule has 1 N–H and O–H groups in total. The van der Waals surface area contributed by atoms with Crippen molar-refractivity contribution in [2.45, 2.75) is 12.8 Å². The van der Waals surface area contributed by atoms with Crippen molar-refractivity contribution < 1.29 is 9.59 Å². The highest BCUT2D eigenvalue weighted by Gasteiger charge is 2.19. The largest absolute Gasteiger partial charge is 0.339 e. The van der Waals surface area contributed by atoms with Gasteiger partial charge in [0.25, 0.3) is 11.8 Å². The van der Waals surface area contributed by atoms with Crippen LogP contribution in [0.1, 0.15) is 33.6 Å². The maximum absolute atomic E-state index is 12.4. The Morgan fingerprint density at radius 1 is 1.05 bits per heavy atom. The molecule has 3 rings (SSSR count). The lowest BCUT2D eigenvalue weighted by Gasteiger charge is -2.15. The summed E-state index contributed by atoms with van der Waals surface area (Å²) in [4.78, 5) is 30.2.